The Bertz CT molecular complexity index is 1100. The minimum atomic E-state index is -4.32. The lowest BCUT2D eigenvalue weighted by Crippen LogP contribution is -2.40. The van der Waals surface area contributed by atoms with Gasteiger partial charge in [-0.2, -0.15) is 4.31 Å². The van der Waals surface area contributed by atoms with E-state index in [1.807, 2.05) is 0 Å². The molecule has 2 aromatic rings. The number of benzene rings is 2. The SMILES string of the molecule is CNc1cc(F)c(S(=O)(=O)N2CCC(O)CC2)cc1C(=O)Nc1cc(F)c(F)c(F)c1. The van der Waals surface area contributed by atoms with Gasteiger partial charge in [0.15, 0.2) is 17.5 Å². The molecule has 12 heteroatoms. The summed E-state index contributed by atoms with van der Waals surface area (Å²) in [5.41, 5.74) is -0.807. The number of sulfonamides is 1. The van der Waals surface area contributed by atoms with Crippen LogP contribution in [0.25, 0.3) is 0 Å². The van der Waals surface area contributed by atoms with Crippen molar-refractivity contribution in [3.63, 3.8) is 0 Å². The maximum Gasteiger partial charge on any atom is 0.257 e. The molecule has 0 radical (unpaired) electrons. The standard InChI is InChI=1S/C19H19F4N3O4S/c1-24-16-9-13(20)17(31(29,30)26-4-2-11(27)3-5-26)8-12(16)19(28)25-10-6-14(21)18(23)15(22)7-10/h6-9,11,24,27H,2-5H2,1H3,(H,25,28). The number of hydrogen-bond acceptors (Lipinski definition) is 5. The van der Waals surface area contributed by atoms with E-state index in [1.165, 1.54) is 7.05 Å². The zero-order valence-corrected chi connectivity index (χ0v) is 17.1. The van der Waals surface area contributed by atoms with Crippen molar-refractivity contribution in [2.24, 2.45) is 0 Å². The highest BCUT2D eigenvalue weighted by molar-refractivity contribution is 7.89. The maximum absolute atomic E-state index is 14.6. The van der Waals surface area contributed by atoms with Crippen LogP contribution in [0.3, 0.4) is 0 Å². The van der Waals surface area contributed by atoms with Gasteiger partial charge in [-0.15, -0.1) is 0 Å². The van der Waals surface area contributed by atoms with Gasteiger partial charge in [0.05, 0.1) is 11.7 Å². The highest BCUT2D eigenvalue weighted by atomic mass is 32.2. The Morgan fingerprint density at radius 1 is 1.03 bits per heavy atom. The Labute approximate surface area is 175 Å². The normalized spacial score (nSPS) is 15.7. The minimum Gasteiger partial charge on any atom is -0.393 e. The van der Waals surface area contributed by atoms with Crippen LogP contribution in [0.5, 0.6) is 0 Å². The number of anilines is 2. The summed E-state index contributed by atoms with van der Waals surface area (Å²) in [5, 5.41) is 14.2. The number of hydrogen-bond donors (Lipinski definition) is 3. The number of aliphatic hydroxyl groups excluding tert-OH is 1. The average molecular weight is 461 g/mol. The van der Waals surface area contributed by atoms with Crippen molar-refractivity contribution in [3.05, 3.63) is 53.1 Å². The van der Waals surface area contributed by atoms with Crippen molar-refractivity contribution in [1.82, 2.24) is 4.31 Å². The first-order valence-electron chi connectivity index (χ1n) is 9.20. The third-order valence-corrected chi connectivity index (χ3v) is 6.78. The van der Waals surface area contributed by atoms with E-state index in [0.717, 1.165) is 16.4 Å². The van der Waals surface area contributed by atoms with E-state index < -0.39 is 55.9 Å². The van der Waals surface area contributed by atoms with Gasteiger partial charge in [-0.3, -0.25) is 4.79 Å². The van der Waals surface area contributed by atoms with Gasteiger partial charge in [0.1, 0.15) is 10.7 Å². The predicted octanol–water partition coefficient (Wildman–Crippen LogP) is 2.68. The lowest BCUT2D eigenvalue weighted by Gasteiger charge is -2.29. The van der Waals surface area contributed by atoms with Gasteiger partial charge in [0, 0.05) is 43.6 Å². The lowest BCUT2D eigenvalue weighted by atomic mass is 10.1. The van der Waals surface area contributed by atoms with Crippen molar-refractivity contribution < 1.29 is 35.9 Å². The Kier molecular flexibility index (Phi) is 6.53. The van der Waals surface area contributed by atoms with Crippen LogP contribution in [0.1, 0.15) is 23.2 Å². The number of rotatable bonds is 5. The van der Waals surface area contributed by atoms with Gasteiger partial charge >= 0.3 is 0 Å². The molecule has 0 atom stereocenters. The molecule has 168 valence electrons. The molecule has 31 heavy (non-hydrogen) atoms. The van der Waals surface area contributed by atoms with Crippen LogP contribution in [0, 0.1) is 23.3 Å². The van der Waals surface area contributed by atoms with Crippen LogP contribution in [0.4, 0.5) is 28.9 Å². The number of nitrogens with one attached hydrogen (secondary N) is 2. The van der Waals surface area contributed by atoms with E-state index in [1.54, 1.807) is 0 Å². The molecule has 0 aliphatic carbocycles. The second-order valence-corrected chi connectivity index (χ2v) is 8.83. The summed E-state index contributed by atoms with van der Waals surface area (Å²) in [7, 11) is -2.96. The monoisotopic (exact) mass is 461 g/mol. The molecule has 0 saturated carbocycles. The molecule has 3 N–H and O–H groups in total. The topological polar surface area (TPSA) is 98.7 Å². The van der Waals surface area contributed by atoms with Crippen molar-refractivity contribution in [1.29, 1.82) is 0 Å². The molecule has 1 amide bonds. The Hall–Kier alpha value is -2.70. The second-order valence-electron chi connectivity index (χ2n) is 6.92. The molecule has 1 aliphatic rings. The van der Waals surface area contributed by atoms with Crippen LogP contribution in [0.2, 0.25) is 0 Å². The Morgan fingerprint density at radius 2 is 1.61 bits per heavy atom. The van der Waals surface area contributed by atoms with E-state index in [4.69, 9.17) is 0 Å². The number of carbonyl (C=O) groups excluding carboxylic acids is 1. The van der Waals surface area contributed by atoms with Crippen molar-refractivity contribution in [2.75, 3.05) is 30.8 Å². The predicted molar refractivity (Wildman–Crippen MR) is 104 cm³/mol. The molecule has 3 rings (SSSR count). The number of aliphatic hydroxyl groups is 1. The molecular weight excluding hydrogens is 442 g/mol. The van der Waals surface area contributed by atoms with E-state index in [-0.39, 0.29) is 37.2 Å². The molecule has 1 saturated heterocycles. The van der Waals surface area contributed by atoms with Crippen LogP contribution in [-0.4, -0.2) is 50.0 Å². The van der Waals surface area contributed by atoms with E-state index >= 15 is 0 Å². The number of halogens is 4. The van der Waals surface area contributed by atoms with Gasteiger partial charge in [0.25, 0.3) is 5.91 Å². The number of nitrogens with zero attached hydrogens (tertiary/aromatic N) is 1. The molecule has 0 unspecified atom stereocenters. The first kappa shape index (κ1) is 23.0. The third-order valence-electron chi connectivity index (χ3n) is 4.87. The number of carbonyl (C=O) groups is 1. The second kappa shape index (κ2) is 8.81. The van der Waals surface area contributed by atoms with Crippen molar-refractivity contribution in [2.45, 2.75) is 23.8 Å². The zero-order chi connectivity index (χ0) is 22.9. The van der Waals surface area contributed by atoms with Gasteiger partial charge in [0.2, 0.25) is 10.0 Å². The first-order chi connectivity index (χ1) is 14.5. The highest BCUT2D eigenvalue weighted by Crippen LogP contribution is 2.29. The highest BCUT2D eigenvalue weighted by Gasteiger charge is 2.32. The van der Waals surface area contributed by atoms with Crippen molar-refractivity contribution >= 4 is 27.3 Å². The van der Waals surface area contributed by atoms with Crippen LogP contribution in [0.15, 0.2) is 29.2 Å². The smallest absolute Gasteiger partial charge is 0.257 e. The van der Waals surface area contributed by atoms with Gasteiger partial charge in [-0.1, -0.05) is 0 Å². The molecule has 1 aliphatic heterocycles. The summed E-state index contributed by atoms with van der Waals surface area (Å²) in [6.07, 6.45) is -0.282. The fraction of sp³-hybridized carbons (Fsp3) is 0.316. The summed E-state index contributed by atoms with van der Waals surface area (Å²) < 4.78 is 81.3. The third kappa shape index (κ3) is 4.65. The molecule has 0 aromatic heterocycles. The summed E-state index contributed by atoms with van der Waals surface area (Å²) >= 11 is 0. The van der Waals surface area contributed by atoms with Gasteiger partial charge < -0.3 is 15.7 Å². The molecule has 7 nitrogen and oxygen atoms in total. The molecule has 2 aromatic carbocycles. The van der Waals surface area contributed by atoms with Crippen LogP contribution >= 0.6 is 0 Å². The number of piperidine rings is 1. The maximum atomic E-state index is 14.6. The zero-order valence-electron chi connectivity index (χ0n) is 16.3. The Morgan fingerprint density at radius 3 is 2.16 bits per heavy atom. The van der Waals surface area contributed by atoms with Gasteiger partial charge in [-0.05, 0) is 25.0 Å². The lowest BCUT2D eigenvalue weighted by molar-refractivity contribution is 0.102. The summed E-state index contributed by atoms with van der Waals surface area (Å²) in [6, 6.07) is 2.73. The molecular formula is C19H19F4N3O4S. The van der Waals surface area contributed by atoms with Crippen molar-refractivity contribution in [3.8, 4) is 0 Å². The number of amides is 1. The largest absolute Gasteiger partial charge is 0.393 e. The quantitative estimate of drug-likeness (QED) is 0.470. The van der Waals surface area contributed by atoms with Gasteiger partial charge in [-0.25, -0.2) is 26.0 Å². The molecule has 1 fully saturated rings. The summed E-state index contributed by atoms with van der Waals surface area (Å²) in [6.45, 7) is -0.0429. The average Bonchev–Trinajstić information content (AvgIpc) is 2.71. The summed E-state index contributed by atoms with van der Waals surface area (Å²) in [5.74, 6) is -6.88. The van der Waals surface area contributed by atoms with E-state index in [2.05, 4.69) is 10.6 Å². The minimum absolute atomic E-state index is 0.0214. The fourth-order valence-corrected chi connectivity index (χ4v) is 4.74. The summed E-state index contributed by atoms with van der Waals surface area (Å²) in [4.78, 5) is 11.9. The van der Waals surface area contributed by atoms with E-state index in [9.17, 15) is 35.9 Å². The molecule has 0 spiro atoms. The van der Waals surface area contributed by atoms with Crippen LogP contribution in [-0.2, 0) is 10.0 Å². The first-order valence-corrected chi connectivity index (χ1v) is 10.6. The van der Waals surface area contributed by atoms with Crippen LogP contribution < -0.4 is 10.6 Å². The molecule has 0 bridgehead atoms. The fourth-order valence-electron chi connectivity index (χ4n) is 3.19. The Balaban J connectivity index is 1.98. The molecule has 1 heterocycles. The van der Waals surface area contributed by atoms with E-state index in [0.29, 0.717) is 12.1 Å².